The Kier molecular flexibility index (Phi) is 7.44. The van der Waals surface area contributed by atoms with Crippen LogP contribution in [-0.4, -0.2) is 17.9 Å². The fourth-order valence-electron chi connectivity index (χ4n) is 0.904. The van der Waals surface area contributed by atoms with E-state index >= 15 is 0 Å². The van der Waals surface area contributed by atoms with Crippen LogP contribution in [0.25, 0.3) is 0 Å². The molecule has 0 aromatic heterocycles. The molecular weight excluding hydrogens is 156 g/mol. The predicted molar refractivity (Wildman–Crippen MR) is 47.3 cm³/mol. The van der Waals surface area contributed by atoms with Crippen LogP contribution >= 0.6 is 0 Å². The lowest BCUT2D eigenvalue weighted by Crippen LogP contribution is -2.01. The first kappa shape index (κ1) is 11.0. The summed E-state index contributed by atoms with van der Waals surface area (Å²) in [6.07, 6.45) is 5.87. The van der Waals surface area contributed by atoms with Crippen molar-refractivity contribution in [1.82, 2.24) is 0 Å². The first-order valence-corrected chi connectivity index (χ1v) is 4.24. The van der Waals surface area contributed by atoms with Gasteiger partial charge in [0.1, 0.15) is 0 Å². The van der Waals surface area contributed by atoms with Crippen molar-refractivity contribution >= 4 is 6.16 Å². The van der Waals surface area contributed by atoms with Gasteiger partial charge >= 0.3 is 6.16 Å². The van der Waals surface area contributed by atoms with Gasteiger partial charge < -0.3 is 9.84 Å². The lowest BCUT2D eigenvalue weighted by atomic mass is 10.1. The third-order valence-corrected chi connectivity index (χ3v) is 1.53. The molecule has 0 amide bonds. The molecule has 0 fully saturated rings. The molecule has 0 spiro atoms. The summed E-state index contributed by atoms with van der Waals surface area (Å²) in [5, 5.41) is 8.12. The summed E-state index contributed by atoms with van der Waals surface area (Å²) in [6, 6.07) is 0. The fourth-order valence-corrected chi connectivity index (χ4v) is 0.904. The molecule has 0 bridgehead atoms. The van der Waals surface area contributed by atoms with E-state index in [-0.39, 0.29) is 0 Å². The third-order valence-electron chi connectivity index (χ3n) is 1.53. The van der Waals surface area contributed by atoms with Crippen molar-refractivity contribution in [2.75, 3.05) is 6.61 Å². The van der Waals surface area contributed by atoms with E-state index in [1.54, 1.807) is 0 Å². The molecule has 3 nitrogen and oxygen atoms in total. The van der Waals surface area contributed by atoms with Gasteiger partial charge in [-0.3, -0.25) is 0 Å². The van der Waals surface area contributed by atoms with E-state index in [9.17, 15) is 4.79 Å². The highest BCUT2D eigenvalue weighted by molar-refractivity contribution is 5.56. The van der Waals surface area contributed by atoms with Gasteiger partial charge in [-0.1, -0.05) is 18.9 Å². The van der Waals surface area contributed by atoms with E-state index in [1.807, 2.05) is 6.08 Å². The molecule has 3 heteroatoms. The number of unbranched alkanes of at least 4 members (excludes halogenated alkanes) is 4. The van der Waals surface area contributed by atoms with Crippen molar-refractivity contribution in [1.29, 1.82) is 0 Å². The molecule has 0 aliphatic carbocycles. The average Bonchev–Trinajstić information content (AvgIpc) is 2.02. The van der Waals surface area contributed by atoms with Gasteiger partial charge in [0.15, 0.2) is 0 Å². The standard InChI is InChI=1S/C9H16O3/c1-2-3-4-5-6-7-8-12-9(10)11/h2H,1,3-8H2,(H,10,11). The van der Waals surface area contributed by atoms with Crippen molar-refractivity contribution in [3.05, 3.63) is 12.7 Å². The summed E-state index contributed by atoms with van der Waals surface area (Å²) in [5.41, 5.74) is 0. The van der Waals surface area contributed by atoms with E-state index in [4.69, 9.17) is 5.11 Å². The minimum Gasteiger partial charge on any atom is -0.450 e. The van der Waals surface area contributed by atoms with Crippen LogP contribution in [0.5, 0.6) is 0 Å². The summed E-state index contributed by atoms with van der Waals surface area (Å²) >= 11 is 0. The minimum atomic E-state index is -1.18. The van der Waals surface area contributed by atoms with E-state index in [0.29, 0.717) is 6.61 Å². The molecule has 12 heavy (non-hydrogen) atoms. The predicted octanol–water partition coefficient (Wildman–Crippen LogP) is 2.82. The maximum Gasteiger partial charge on any atom is 0.505 e. The number of carboxylic acid groups (broad SMARTS) is 1. The van der Waals surface area contributed by atoms with Crippen LogP contribution in [-0.2, 0) is 4.74 Å². The maximum atomic E-state index is 9.90. The largest absolute Gasteiger partial charge is 0.505 e. The third kappa shape index (κ3) is 9.01. The molecule has 70 valence electrons. The van der Waals surface area contributed by atoms with Crippen molar-refractivity contribution in [3.8, 4) is 0 Å². The van der Waals surface area contributed by atoms with E-state index < -0.39 is 6.16 Å². The summed E-state index contributed by atoms with van der Waals surface area (Å²) in [6.45, 7) is 3.94. The highest BCUT2D eigenvalue weighted by Crippen LogP contribution is 2.03. The zero-order chi connectivity index (χ0) is 9.23. The number of rotatable bonds is 7. The zero-order valence-electron chi connectivity index (χ0n) is 7.29. The van der Waals surface area contributed by atoms with Gasteiger partial charge in [-0.25, -0.2) is 4.79 Å². The first-order chi connectivity index (χ1) is 5.77. The van der Waals surface area contributed by atoms with Gasteiger partial charge in [0, 0.05) is 0 Å². The number of allylic oxidation sites excluding steroid dienone is 1. The Morgan fingerprint density at radius 1 is 1.33 bits per heavy atom. The second-order valence-electron chi connectivity index (χ2n) is 2.61. The van der Waals surface area contributed by atoms with Gasteiger partial charge in [-0.2, -0.15) is 0 Å². The number of carbonyl (C=O) groups is 1. The van der Waals surface area contributed by atoms with Gasteiger partial charge in [0.25, 0.3) is 0 Å². The Labute approximate surface area is 73.0 Å². The summed E-state index contributed by atoms with van der Waals surface area (Å²) in [5.74, 6) is 0. The van der Waals surface area contributed by atoms with E-state index in [1.165, 1.54) is 0 Å². The SMILES string of the molecule is C=CCCCCCCOC(=O)O. The van der Waals surface area contributed by atoms with Crippen LogP contribution < -0.4 is 0 Å². The van der Waals surface area contributed by atoms with Crippen LogP contribution in [0, 0.1) is 0 Å². The Hall–Kier alpha value is -0.990. The summed E-state index contributed by atoms with van der Waals surface area (Å²) in [7, 11) is 0. The fraction of sp³-hybridized carbons (Fsp3) is 0.667. The molecule has 0 aliphatic heterocycles. The van der Waals surface area contributed by atoms with Gasteiger partial charge in [-0.05, 0) is 19.3 Å². The highest BCUT2D eigenvalue weighted by Gasteiger charge is 1.94. The van der Waals surface area contributed by atoms with Crippen LogP contribution in [0.1, 0.15) is 32.1 Å². The smallest absolute Gasteiger partial charge is 0.450 e. The number of hydrogen-bond donors (Lipinski definition) is 1. The topological polar surface area (TPSA) is 46.5 Å². The molecule has 0 rings (SSSR count). The van der Waals surface area contributed by atoms with Crippen LogP contribution in [0.15, 0.2) is 12.7 Å². The molecule has 0 heterocycles. The number of ether oxygens (including phenoxy) is 1. The Bertz CT molecular complexity index is 132. The molecule has 0 saturated heterocycles. The molecule has 1 N–H and O–H groups in total. The first-order valence-electron chi connectivity index (χ1n) is 4.24. The van der Waals surface area contributed by atoms with Crippen molar-refractivity contribution < 1.29 is 14.6 Å². The normalized spacial score (nSPS) is 9.33. The molecule has 0 aromatic carbocycles. The maximum absolute atomic E-state index is 9.90. The summed E-state index contributed by atoms with van der Waals surface area (Å²) in [4.78, 5) is 9.90. The highest BCUT2D eigenvalue weighted by atomic mass is 16.7. The van der Waals surface area contributed by atoms with Gasteiger partial charge in [-0.15, -0.1) is 6.58 Å². The second kappa shape index (κ2) is 8.11. The average molecular weight is 172 g/mol. The minimum absolute atomic E-state index is 0.323. The number of hydrogen-bond acceptors (Lipinski definition) is 2. The molecule has 0 unspecified atom stereocenters. The van der Waals surface area contributed by atoms with Crippen LogP contribution in [0.4, 0.5) is 4.79 Å². The zero-order valence-corrected chi connectivity index (χ0v) is 7.29. The molecule has 0 saturated carbocycles. The molecule has 0 aromatic rings. The lowest BCUT2D eigenvalue weighted by Gasteiger charge is -1.99. The van der Waals surface area contributed by atoms with E-state index in [0.717, 1.165) is 32.1 Å². The lowest BCUT2D eigenvalue weighted by molar-refractivity contribution is 0.0900. The molecule has 0 aliphatic rings. The van der Waals surface area contributed by atoms with Crippen molar-refractivity contribution in [2.24, 2.45) is 0 Å². The molecular formula is C9H16O3. The Balaban J connectivity index is 2.90. The Morgan fingerprint density at radius 2 is 2.00 bits per heavy atom. The van der Waals surface area contributed by atoms with E-state index in [2.05, 4.69) is 11.3 Å². The van der Waals surface area contributed by atoms with Crippen LogP contribution in [0.3, 0.4) is 0 Å². The van der Waals surface area contributed by atoms with Crippen molar-refractivity contribution in [2.45, 2.75) is 32.1 Å². The quantitative estimate of drug-likeness (QED) is 0.365. The van der Waals surface area contributed by atoms with Gasteiger partial charge in [0.2, 0.25) is 0 Å². The Morgan fingerprint density at radius 3 is 2.58 bits per heavy atom. The molecule has 0 radical (unpaired) electrons. The second-order valence-corrected chi connectivity index (χ2v) is 2.61. The monoisotopic (exact) mass is 172 g/mol. The van der Waals surface area contributed by atoms with Crippen molar-refractivity contribution in [3.63, 3.8) is 0 Å². The summed E-state index contributed by atoms with van der Waals surface area (Å²) < 4.78 is 4.34. The van der Waals surface area contributed by atoms with Gasteiger partial charge in [0.05, 0.1) is 6.61 Å². The van der Waals surface area contributed by atoms with Crippen LogP contribution in [0.2, 0.25) is 0 Å². The molecule has 0 atom stereocenters.